The van der Waals surface area contributed by atoms with Crippen molar-refractivity contribution in [3.63, 3.8) is 0 Å². The molecule has 1 aliphatic heterocycles. The number of ether oxygens (including phenoxy) is 2. The lowest BCUT2D eigenvalue weighted by Crippen LogP contribution is -2.42. The van der Waals surface area contributed by atoms with Gasteiger partial charge >= 0.3 is 0 Å². The number of aryl methyl sites for hydroxylation is 1. The molecule has 0 spiro atoms. The van der Waals surface area contributed by atoms with E-state index in [4.69, 9.17) is 14.0 Å². The van der Waals surface area contributed by atoms with Crippen LogP contribution in [-0.4, -0.2) is 43.1 Å². The maximum absolute atomic E-state index is 5.52. The van der Waals surface area contributed by atoms with E-state index in [0.29, 0.717) is 24.2 Å². The van der Waals surface area contributed by atoms with E-state index in [9.17, 15) is 0 Å². The summed E-state index contributed by atoms with van der Waals surface area (Å²) >= 11 is 0. The Morgan fingerprint density at radius 3 is 2.64 bits per heavy atom. The molecule has 3 rings (SSSR count). The molecule has 0 amide bonds. The lowest BCUT2D eigenvalue weighted by molar-refractivity contribution is 0.0435. The minimum absolute atomic E-state index is 0.0222. The van der Waals surface area contributed by atoms with E-state index in [1.807, 2.05) is 13.0 Å². The maximum Gasteiger partial charge on any atom is 0.244 e. The van der Waals surface area contributed by atoms with E-state index in [1.165, 1.54) is 5.56 Å². The van der Waals surface area contributed by atoms with Crippen LogP contribution < -0.4 is 5.32 Å². The fourth-order valence-corrected chi connectivity index (χ4v) is 3.42. The minimum Gasteiger partial charge on any atom is -0.383 e. The van der Waals surface area contributed by atoms with Crippen LogP contribution in [0.3, 0.4) is 0 Å². The highest BCUT2D eigenvalue weighted by Gasteiger charge is 2.31. The molecule has 2 heterocycles. The van der Waals surface area contributed by atoms with Gasteiger partial charge in [-0.3, -0.25) is 0 Å². The summed E-state index contributed by atoms with van der Waals surface area (Å²) < 4.78 is 16.5. The summed E-state index contributed by atoms with van der Waals surface area (Å²) in [5, 5.41) is 7.71. The van der Waals surface area contributed by atoms with Crippen molar-refractivity contribution in [3.8, 4) is 0 Å². The summed E-state index contributed by atoms with van der Waals surface area (Å²) in [7, 11) is 1.74. The fraction of sp³-hybridized carbons (Fsp3) is 0.579. The first-order valence-electron chi connectivity index (χ1n) is 8.93. The Morgan fingerprint density at radius 2 is 2.00 bits per heavy atom. The third kappa shape index (κ3) is 5.11. The average Bonchev–Trinajstić information content (AvgIpc) is 3.07. The molecule has 1 aliphatic rings. The summed E-state index contributed by atoms with van der Waals surface area (Å²) in [5.41, 5.74) is 1.28. The van der Waals surface area contributed by atoms with Crippen LogP contribution in [0.2, 0.25) is 0 Å². The Kier molecular flexibility index (Phi) is 6.55. The second kappa shape index (κ2) is 9.08. The van der Waals surface area contributed by atoms with Crippen molar-refractivity contribution in [2.24, 2.45) is 5.92 Å². The Bertz CT molecular complexity index is 626. The molecule has 0 unspecified atom stereocenters. The van der Waals surface area contributed by atoms with Gasteiger partial charge < -0.3 is 19.3 Å². The predicted octanol–water partition coefficient (Wildman–Crippen LogP) is 2.69. The van der Waals surface area contributed by atoms with E-state index < -0.39 is 0 Å². The van der Waals surface area contributed by atoms with E-state index >= 15 is 0 Å². The maximum atomic E-state index is 5.52. The quantitative estimate of drug-likeness (QED) is 0.793. The number of aromatic nitrogens is 2. The van der Waals surface area contributed by atoms with Gasteiger partial charge in [0.25, 0.3) is 0 Å². The van der Waals surface area contributed by atoms with Crippen molar-refractivity contribution in [1.82, 2.24) is 15.5 Å². The van der Waals surface area contributed by atoms with Crippen LogP contribution in [0.1, 0.15) is 36.2 Å². The van der Waals surface area contributed by atoms with E-state index in [-0.39, 0.29) is 12.1 Å². The predicted molar refractivity (Wildman–Crippen MR) is 94.3 cm³/mol. The molecule has 0 saturated carbocycles. The van der Waals surface area contributed by atoms with Crippen molar-refractivity contribution < 1.29 is 14.0 Å². The van der Waals surface area contributed by atoms with Gasteiger partial charge in [-0.05, 0) is 37.7 Å². The molecule has 1 aromatic carbocycles. The lowest BCUT2D eigenvalue weighted by Gasteiger charge is -2.31. The van der Waals surface area contributed by atoms with Gasteiger partial charge in [-0.1, -0.05) is 35.5 Å². The molecule has 136 valence electrons. The number of nitrogens with zero attached hydrogens (tertiary/aromatic N) is 2. The highest BCUT2D eigenvalue weighted by molar-refractivity contribution is 5.16. The molecule has 0 bridgehead atoms. The van der Waals surface area contributed by atoms with Crippen molar-refractivity contribution in [1.29, 1.82) is 0 Å². The third-order valence-corrected chi connectivity index (χ3v) is 4.65. The second-order valence-corrected chi connectivity index (χ2v) is 6.62. The van der Waals surface area contributed by atoms with Crippen LogP contribution in [0.25, 0.3) is 0 Å². The molecular weight excluding hydrogens is 318 g/mol. The average molecular weight is 345 g/mol. The minimum atomic E-state index is 0.0222. The van der Waals surface area contributed by atoms with Gasteiger partial charge in [-0.15, -0.1) is 0 Å². The summed E-state index contributed by atoms with van der Waals surface area (Å²) in [5.74, 6) is 1.75. The Labute approximate surface area is 148 Å². The van der Waals surface area contributed by atoms with Gasteiger partial charge in [0.1, 0.15) is 0 Å². The van der Waals surface area contributed by atoms with E-state index in [2.05, 4.69) is 39.7 Å². The van der Waals surface area contributed by atoms with Crippen molar-refractivity contribution in [3.05, 3.63) is 47.6 Å². The molecule has 2 aromatic rings. The normalized spacial score (nSPS) is 18.2. The van der Waals surface area contributed by atoms with Crippen LogP contribution in [0, 0.1) is 12.8 Å². The number of hydrogen-bond acceptors (Lipinski definition) is 6. The Morgan fingerprint density at radius 1 is 1.24 bits per heavy atom. The number of rotatable bonds is 8. The zero-order chi connectivity index (χ0) is 17.5. The van der Waals surface area contributed by atoms with E-state index in [0.717, 1.165) is 32.5 Å². The van der Waals surface area contributed by atoms with Gasteiger partial charge in [0.05, 0.1) is 12.6 Å². The second-order valence-electron chi connectivity index (χ2n) is 6.62. The molecule has 0 aliphatic carbocycles. The summed E-state index contributed by atoms with van der Waals surface area (Å²) in [6, 6.07) is 10.7. The monoisotopic (exact) mass is 345 g/mol. The first-order valence-corrected chi connectivity index (χ1v) is 8.93. The molecule has 25 heavy (non-hydrogen) atoms. The van der Waals surface area contributed by atoms with Crippen molar-refractivity contribution >= 4 is 0 Å². The van der Waals surface area contributed by atoms with Crippen LogP contribution >= 0.6 is 0 Å². The smallest absolute Gasteiger partial charge is 0.244 e. The number of hydrogen-bond donors (Lipinski definition) is 1. The molecule has 1 fully saturated rings. The molecule has 6 nitrogen and oxygen atoms in total. The molecule has 1 aromatic heterocycles. The van der Waals surface area contributed by atoms with Crippen LogP contribution in [0.5, 0.6) is 0 Å². The van der Waals surface area contributed by atoms with Gasteiger partial charge in [-0.25, -0.2) is 0 Å². The first kappa shape index (κ1) is 18.0. The third-order valence-electron chi connectivity index (χ3n) is 4.65. The van der Waals surface area contributed by atoms with Gasteiger partial charge in [0, 0.05) is 26.4 Å². The molecular formula is C19H27N3O3. The highest BCUT2D eigenvalue weighted by atomic mass is 16.5. The summed E-state index contributed by atoms with van der Waals surface area (Å²) in [6.45, 7) is 4.04. The van der Waals surface area contributed by atoms with Crippen LogP contribution in [0.4, 0.5) is 0 Å². The standard InChI is InChI=1S/C19H27N3O3/c1-14-20-19(25-22-14)18(16-8-10-24-11-9-16)21-17(13-23-2)12-15-6-4-3-5-7-15/h3-7,16-18,21H,8-13H2,1-2H3/t17-,18-/m0/s1. The zero-order valence-electron chi connectivity index (χ0n) is 15.0. The SMILES string of the molecule is COC[C@H](Cc1ccccc1)N[C@H](c1nc(C)no1)C1CCOCC1. The highest BCUT2D eigenvalue weighted by Crippen LogP contribution is 2.30. The zero-order valence-corrected chi connectivity index (χ0v) is 15.0. The molecule has 1 saturated heterocycles. The molecule has 1 N–H and O–H groups in total. The topological polar surface area (TPSA) is 69.4 Å². The van der Waals surface area contributed by atoms with Gasteiger partial charge in [0.2, 0.25) is 5.89 Å². The van der Waals surface area contributed by atoms with Gasteiger partial charge in [0.15, 0.2) is 5.82 Å². The number of nitrogens with one attached hydrogen (secondary N) is 1. The summed E-state index contributed by atoms with van der Waals surface area (Å²) in [6.07, 6.45) is 2.87. The summed E-state index contributed by atoms with van der Waals surface area (Å²) in [4.78, 5) is 4.48. The lowest BCUT2D eigenvalue weighted by atomic mass is 9.90. The van der Waals surface area contributed by atoms with Crippen molar-refractivity contribution in [2.75, 3.05) is 26.9 Å². The number of methoxy groups -OCH3 is 1. The fourth-order valence-electron chi connectivity index (χ4n) is 3.42. The molecule has 0 radical (unpaired) electrons. The molecule has 6 heteroatoms. The van der Waals surface area contributed by atoms with Crippen LogP contribution in [0.15, 0.2) is 34.9 Å². The Hall–Kier alpha value is -1.76. The number of benzene rings is 1. The van der Waals surface area contributed by atoms with E-state index in [1.54, 1.807) is 7.11 Å². The first-order chi connectivity index (χ1) is 12.3. The van der Waals surface area contributed by atoms with Gasteiger partial charge in [-0.2, -0.15) is 4.98 Å². The molecule has 2 atom stereocenters. The largest absolute Gasteiger partial charge is 0.383 e. The van der Waals surface area contributed by atoms with Crippen LogP contribution in [-0.2, 0) is 15.9 Å². The van der Waals surface area contributed by atoms with Crippen molar-refractivity contribution in [2.45, 2.75) is 38.3 Å². The Balaban J connectivity index is 1.75.